The zero-order valence-corrected chi connectivity index (χ0v) is 17.6. The van der Waals surface area contributed by atoms with Gasteiger partial charge in [-0.25, -0.2) is 0 Å². The second kappa shape index (κ2) is 9.74. The predicted octanol–water partition coefficient (Wildman–Crippen LogP) is 4.29. The van der Waals surface area contributed by atoms with E-state index in [2.05, 4.69) is 10.6 Å². The van der Waals surface area contributed by atoms with E-state index in [4.69, 9.17) is 0 Å². The first-order valence-corrected chi connectivity index (χ1v) is 9.95. The minimum atomic E-state index is -0.206. The van der Waals surface area contributed by atoms with E-state index in [0.717, 1.165) is 17.7 Å². The summed E-state index contributed by atoms with van der Waals surface area (Å²) in [4.78, 5) is 27.3. The molecule has 0 aliphatic carbocycles. The summed E-state index contributed by atoms with van der Waals surface area (Å²) in [6, 6.07) is 22.8. The molecule has 0 unspecified atom stereocenters. The summed E-state index contributed by atoms with van der Waals surface area (Å²) < 4.78 is 0. The smallest absolute Gasteiger partial charge is 0.255 e. The van der Waals surface area contributed by atoms with E-state index in [1.807, 2.05) is 80.5 Å². The molecule has 0 aliphatic rings. The van der Waals surface area contributed by atoms with Gasteiger partial charge in [0.25, 0.3) is 11.8 Å². The number of nitrogens with zero attached hydrogens (tertiary/aromatic N) is 1. The van der Waals surface area contributed by atoms with Crippen LogP contribution < -0.4 is 15.5 Å². The molecule has 2 amide bonds. The maximum atomic E-state index is 12.9. The fraction of sp³-hybridized carbons (Fsp3) is 0.200. The monoisotopic (exact) mass is 401 g/mol. The molecular formula is C25H27N3O2. The van der Waals surface area contributed by atoms with Crippen molar-refractivity contribution in [2.24, 2.45) is 0 Å². The third kappa shape index (κ3) is 5.47. The van der Waals surface area contributed by atoms with Crippen molar-refractivity contribution in [1.29, 1.82) is 0 Å². The van der Waals surface area contributed by atoms with E-state index in [1.54, 1.807) is 18.2 Å². The minimum Gasteiger partial charge on any atom is -0.377 e. The van der Waals surface area contributed by atoms with Crippen LogP contribution in [0.3, 0.4) is 0 Å². The summed E-state index contributed by atoms with van der Waals surface area (Å²) >= 11 is 0. The van der Waals surface area contributed by atoms with Gasteiger partial charge in [0.15, 0.2) is 0 Å². The minimum absolute atomic E-state index is 0.166. The number of carbonyl (C=O) groups is 2. The van der Waals surface area contributed by atoms with E-state index in [9.17, 15) is 9.59 Å². The summed E-state index contributed by atoms with van der Waals surface area (Å²) in [5, 5.41) is 5.87. The van der Waals surface area contributed by atoms with E-state index in [1.165, 1.54) is 5.56 Å². The molecule has 2 N–H and O–H groups in total. The van der Waals surface area contributed by atoms with Gasteiger partial charge < -0.3 is 15.5 Å². The maximum absolute atomic E-state index is 12.9. The van der Waals surface area contributed by atoms with Gasteiger partial charge in [-0.2, -0.15) is 0 Å². The Hall–Kier alpha value is -3.60. The molecule has 3 rings (SSSR count). The Morgan fingerprint density at radius 1 is 0.867 bits per heavy atom. The third-order valence-electron chi connectivity index (χ3n) is 4.84. The van der Waals surface area contributed by atoms with Crippen LogP contribution in [-0.2, 0) is 6.42 Å². The van der Waals surface area contributed by atoms with Crippen LogP contribution >= 0.6 is 0 Å². The van der Waals surface area contributed by atoms with Gasteiger partial charge in [-0.05, 0) is 49.2 Å². The maximum Gasteiger partial charge on any atom is 0.255 e. The lowest BCUT2D eigenvalue weighted by atomic mass is 10.1. The molecule has 154 valence electrons. The fourth-order valence-electron chi connectivity index (χ4n) is 3.15. The van der Waals surface area contributed by atoms with Gasteiger partial charge in [0.2, 0.25) is 0 Å². The number of anilines is 2. The average Bonchev–Trinajstić information content (AvgIpc) is 2.74. The highest BCUT2D eigenvalue weighted by atomic mass is 16.2. The molecule has 0 heterocycles. The Kier molecular flexibility index (Phi) is 6.86. The van der Waals surface area contributed by atoms with Gasteiger partial charge in [-0.1, -0.05) is 48.0 Å². The highest BCUT2D eigenvalue weighted by Crippen LogP contribution is 2.23. The highest BCUT2D eigenvalue weighted by Gasteiger charge is 2.15. The topological polar surface area (TPSA) is 61.4 Å². The number of benzene rings is 3. The standard InChI is InChI=1S/C25H27N3O2/c1-18-9-11-20(12-10-18)24(29)27-21-13-14-23(28(2)3)22(17-21)25(30)26-16-15-19-7-5-4-6-8-19/h4-14,17H,15-16H2,1-3H3,(H,26,30)(H,27,29). The van der Waals surface area contributed by atoms with Crippen molar-refractivity contribution in [2.45, 2.75) is 13.3 Å². The summed E-state index contributed by atoms with van der Waals surface area (Å²) in [6.45, 7) is 2.51. The number of hydrogen-bond donors (Lipinski definition) is 2. The molecule has 3 aromatic rings. The molecule has 0 saturated carbocycles. The van der Waals surface area contributed by atoms with Crippen molar-refractivity contribution < 1.29 is 9.59 Å². The van der Waals surface area contributed by atoms with Gasteiger partial charge >= 0.3 is 0 Å². The lowest BCUT2D eigenvalue weighted by Gasteiger charge is -2.18. The summed E-state index contributed by atoms with van der Waals surface area (Å²) in [5.74, 6) is -0.371. The van der Waals surface area contributed by atoms with Crippen LogP contribution in [0.2, 0.25) is 0 Å². The molecule has 30 heavy (non-hydrogen) atoms. The first kappa shape index (κ1) is 21.1. The van der Waals surface area contributed by atoms with Crippen LogP contribution in [-0.4, -0.2) is 32.5 Å². The van der Waals surface area contributed by atoms with E-state index >= 15 is 0 Å². The van der Waals surface area contributed by atoms with Crippen molar-refractivity contribution >= 4 is 23.2 Å². The zero-order valence-electron chi connectivity index (χ0n) is 17.6. The first-order valence-electron chi connectivity index (χ1n) is 9.95. The van der Waals surface area contributed by atoms with Crippen molar-refractivity contribution in [3.63, 3.8) is 0 Å². The van der Waals surface area contributed by atoms with Gasteiger partial charge in [0.05, 0.1) is 5.56 Å². The van der Waals surface area contributed by atoms with Gasteiger partial charge in [-0.15, -0.1) is 0 Å². The Morgan fingerprint density at radius 3 is 2.23 bits per heavy atom. The predicted molar refractivity (Wildman–Crippen MR) is 122 cm³/mol. The SMILES string of the molecule is Cc1ccc(C(=O)Nc2ccc(N(C)C)c(C(=O)NCCc3ccccc3)c2)cc1. The van der Waals surface area contributed by atoms with Gasteiger partial charge in [-0.3, -0.25) is 9.59 Å². The molecule has 0 atom stereocenters. The number of hydrogen-bond acceptors (Lipinski definition) is 3. The lowest BCUT2D eigenvalue weighted by Crippen LogP contribution is -2.28. The first-order chi connectivity index (χ1) is 14.4. The van der Waals surface area contributed by atoms with Crippen molar-refractivity contribution in [3.05, 3.63) is 95.1 Å². The second-order valence-electron chi connectivity index (χ2n) is 7.44. The number of amides is 2. The highest BCUT2D eigenvalue weighted by molar-refractivity contribution is 6.06. The van der Waals surface area contributed by atoms with Crippen LogP contribution in [0.4, 0.5) is 11.4 Å². The Bertz CT molecular complexity index is 1010. The fourth-order valence-corrected chi connectivity index (χ4v) is 3.15. The molecule has 5 heteroatoms. The molecule has 0 radical (unpaired) electrons. The molecule has 3 aromatic carbocycles. The Labute approximate surface area is 177 Å². The number of nitrogens with one attached hydrogen (secondary N) is 2. The quantitative estimate of drug-likeness (QED) is 0.621. The number of carbonyl (C=O) groups excluding carboxylic acids is 2. The number of rotatable bonds is 7. The molecule has 0 aromatic heterocycles. The van der Waals surface area contributed by atoms with Crippen LogP contribution in [0.15, 0.2) is 72.8 Å². The van der Waals surface area contributed by atoms with Gasteiger partial charge in [0, 0.05) is 37.6 Å². The van der Waals surface area contributed by atoms with E-state index in [0.29, 0.717) is 23.4 Å². The third-order valence-corrected chi connectivity index (χ3v) is 4.84. The molecule has 0 spiro atoms. The molecule has 0 fully saturated rings. The Morgan fingerprint density at radius 2 is 1.57 bits per heavy atom. The van der Waals surface area contributed by atoms with Crippen LogP contribution in [0.25, 0.3) is 0 Å². The Balaban J connectivity index is 1.72. The second-order valence-corrected chi connectivity index (χ2v) is 7.44. The number of aryl methyl sites for hydroxylation is 1. The van der Waals surface area contributed by atoms with Crippen molar-refractivity contribution in [3.8, 4) is 0 Å². The van der Waals surface area contributed by atoms with Crippen LogP contribution in [0.1, 0.15) is 31.8 Å². The molecular weight excluding hydrogens is 374 g/mol. The normalized spacial score (nSPS) is 10.4. The molecule has 0 saturated heterocycles. The summed E-state index contributed by atoms with van der Waals surface area (Å²) in [5.41, 5.74) is 4.74. The summed E-state index contributed by atoms with van der Waals surface area (Å²) in [6.07, 6.45) is 0.758. The van der Waals surface area contributed by atoms with Crippen molar-refractivity contribution in [1.82, 2.24) is 5.32 Å². The van der Waals surface area contributed by atoms with E-state index < -0.39 is 0 Å². The zero-order chi connectivity index (χ0) is 21.5. The lowest BCUT2D eigenvalue weighted by molar-refractivity contribution is 0.0953. The largest absolute Gasteiger partial charge is 0.377 e. The van der Waals surface area contributed by atoms with Crippen LogP contribution in [0.5, 0.6) is 0 Å². The van der Waals surface area contributed by atoms with Crippen molar-refractivity contribution in [2.75, 3.05) is 30.9 Å². The average molecular weight is 402 g/mol. The van der Waals surface area contributed by atoms with E-state index in [-0.39, 0.29) is 11.8 Å². The molecule has 5 nitrogen and oxygen atoms in total. The molecule has 0 aliphatic heterocycles. The molecule has 0 bridgehead atoms. The van der Waals surface area contributed by atoms with Gasteiger partial charge in [0.1, 0.15) is 0 Å². The van der Waals surface area contributed by atoms with Crippen LogP contribution in [0, 0.1) is 6.92 Å². The summed E-state index contributed by atoms with van der Waals surface area (Å²) in [7, 11) is 3.78.